The molecule has 0 aliphatic rings. The molecule has 0 saturated carbocycles. The Morgan fingerprint density at radius 2 is 1.47 bits per heavy atom. The number of rotatable bonds is 7. The Kier molecular flexibility index (Phi) is 8.89. The summed E-state index contributed by atoms with van der Waals surface area (Å²) in [4.78, 5) is 4.46. The second-order valence-corrected chi connectivity index (χ2v) is 12.4. The van der Waals surface area contributed by atoms with Crippen LogP contribution in [0.4, 0.5) is 4.39 Å². The van der Waals surface area contributed by atoms with E-state index in [9.17, 15) is 4.39 Å². The molecule has 0 aliphatic carbocycles. The number of aromatic nitrogens is 4. The number of nitrogens with zero attached hydrogens (tertiary/aromatic N) is 4. The summed E-state index contributed by atoms with van der Waals surface area (Å²) in [6.45, 7) is 13.2. The van der Waals surface area contributed by atoms with Gasteiger partial charge in [-0.25, -0.2) is 9.37 Å². The predicted molar refractivity (Wildman–Crippen MR) is 183 cm³/mol. The minimum atomic E-state index is -0.351. The van der Waals surface area contributed by atoms with Crippen molar-refractivity contribution in [1.29, 1.82) is 0 Å². The number of pyridine rings is 1. The number of fused-ring (bicyclic) bond motifs is 3. The van der Waals surface area contributed by atoms with E-state index in [0.29, 0.717) is 17.3 Å². The molecular formula is C40H35FN4OPd. The number of hydrogen-bond donors (Lipinski definition) is 0. The average molecular weight is 713 g/mol. The molecule has 0 atom stereocenters. The van der Waals surface area contributed by atoms with Gasteiger partial charge in [-0.05, 0) is 65.6 Å². The predicted octanol–water partition coefficient (Wildman–Crippen LogP) is 10.4. The second kappa shape index (κ2) is 12.9. The fraction of sp³-hybridized carbons (Fsp3) is 0.200. The number of hydrogen-bond acceptors (Lipinski definition) is 3. The maximum Gasteiger partial charge on any atom is 2.00 e. The van der Waals surface area contributed by atoms with Crippen molar-refractivity contribution in [3.63, 3.8) is 0 Å². The van der Waals surface area contributed by atoms with Crippen LogP contribution in [-0.4, -0.2) is 19.3 Å². The number of para-hydroxylation sites is 1. The molecule has 47 heavy (non-hydrogen) atoms. The number of ether oxygens (including phenoxy) is 1. The van der Waals surface area contributed by atoms with Gasteiger partial charge in [0.15, 0.2) is 0 Å². The summed E-state index contributed by atoms with van der Waals surface area (Å²) >= 11 is 0. The van der Waals surface area contributed by atoms with Gasteiger partial charge in [0.1, 0.15) is 11.6 Å². The molecule has 7 rings (SSSR count). The zero-order valence-electron chi connectivity index (χ0n) is 27.2. The van der Waals surface area contributed by atoms with E-state index < -0.39 is 0 Å². The van der Waals surface area contributed by atoms with E-state index in [1.54, 1.807) is 0 Å². The van der Waals surface area contributed by atoms with Crippen molar-refractivity contribution in [2.24, 2.45) is 0 Å². The normalized spacial score (nSPS) is 11.5. The van der Waals surface area contributed by atoms with Gasteiger partial charge in [-0.2, -0.15) is 17.2 Å². The second-order valence-electron chi connectivity index (χ2n) is 12.4. The summed E-state index contributed by atoms with van der Waals surface area (Å²) in [6, 6.07) is 33.9. The minimum Gasteiger partial charge on any atom is -0.509 e. The molecule has 0 unspecified atom stereocenters. The van der Waals surface area contributed by atoms with E-state index in [0.717, 1.165) is 38.9 Å². The SMILES string of the molecule is Cc1cccc(C)c1-c1c(C(C)C)nn(-c2[c-]c(Oc3[c-]c4c(cc3)c3ccccc3n4-c3cc(F)ccn3)ccc2)c1C(C)C.[Pd+2]. The van der Waals surface area contributed by atoms with Gasteiger partial charge in [0, 0.05) is 34.8 Å². The summed E-state index contributed by atoms with van der Waals surface area (Å²) in [5, 5.41) is 7.21. The Balaban J connectivity index is 0.00000386. The topological polar surface area (TPSA) is 44.9 Å². The third kappa shape index (κ3) is 5.80. The molecular weight excluding hydrogens is 678 g/mol. The summed E-state index contributed by atoms with van der Waals surface area (Å²) in [5.74, 6) is 1.63. The monoisotopic (exact) mass is 712 g/mol. The molecule has 0 radical (unpaired) electrons. The molecule has 5 nitrogen and oxygen atoms in total. The molecule has 0 saturated heterocycles. The van der Waals surface area contributed by atoms with E-state index in [2.05, 4.69) is 76.9 Å². The van der Waals surface area contributed by atoms with Crippen molar-refractivity contribution >= 4 is 21.8 Å². The van der Waals surface area contributed by atoms with Gasteiger partial charge in [-0.1, -0.05) is 69.6 Å². The van der Waals surface area contributed by atoms with Crippen LogP contribution in [0.2, 0.25) is 0 Å². The standard InChI is InChI=1S/C40H35FN4O.Pd/c1-24(2)39-38(37-26(5)11-9-12-27(37)6)40(25(3)4)45(43-39)29-13-10-14-30(22-29)46-31-17-18-33-32-15-7-8-16-34(32)44(35(33)23-31)36-21-28(41)19-20-42-36;/h7-21,24-25H,1-6H3;/q-2;+2. The molecule has 7 aromatic rings. The van der Waals surface area contributed by atoms with E-state index in [-0.39, 0.29) is 38.1 Å². The van der Waals surface area contributed by atoms with Gasteiger partial charge in [0.2, 0.25) is 0 Å². The number of aryl methyl sites for hydroxylation is 2. The van der Waals surface area contributed by atoms with Gasteiger partial charge in [-0.3, -0.25) is 4.68 Å². The van der Waals surface area contributed by atoms with Crippen LogP contribution in [0, 0.1) is 31.8 Å². The Morgan fingerprint density at radius 1 is 0.745 bits per heavy atom. The molecule has 4 aromatic carbocycles. The van der Waals surface area contributed by atoms with Crippen LogP contribution in [0.5, 0.6) is 11.5 Å². The third-order valence-corrected chi connectivity index (χ3v) is 8.47. The minimum absolute atomic E-state index is 0. The largest absolute Gasteiger partial charge is 2.00 e. The van der Waals surface area contributed by atoms with Crippen LogP contribution in [0.15, 0.2) is 91.1 Å². The first-order chi connectivity index (χ1) is 22.2. The first kappa shape index (κ1) is 32.4. The number of benzene rings is 4. The molecule has 3 aromatic heterocycles. The molecule has 0 fully saturated rings. The van der Waals surface area contributed by atoms with Crippen LogP contribution in [0.3, 0.4) is 0 Å². The van der Waals surface area contributed by atoms with E-state index in [1.807, 2.05) is 63.8 Å². The van der Waals surface area contributed by atoms with Crippen molar-refractivity contribution in [2.45, 2.75) is 53.4 Å². The molecule has 0 bridgehead atoms. The fourth-order valence-corrected chi connectivity index (χ4v) is 6.46. The van der Waals surface area contributed by atoms with Crippen molar-refractivity contribution in [3.8, 4) is 34.1 Å². The third-order valence-electron chi connectivity index (χ3n) is 8.47. The van der Waals surface area contributed by atoms with Crippen LogP contribution in [0.1, 0.15) is 62.0 Å². The smallest absolute Gasteiger partial charge is 0.509 e. The molecule has 7 heteroatoms. The van der Waals surface area contributed by atoms with Gasteiger partial charge in [0.05, 0.1) is 11.4 Å². The fourth-order valence-electron chi connectivity index (χ4n) is 6.46. The van der Waals surface area contributed by atoms with Gasteiger partial charge >= 0.3 is 20.4 Å². The molecule has 0 aliphatic heterocycles. The Morgan fingerprint density at radius 3 is 2.19 bits per heavy atom. The number of halogens is 1. The van der Waals surface area contributed by atoms with Crippen molar-refractivity contribution < 1.29 is 29.6 Å². The molecule has 0 amide bonds. The summed E-state index contributed by atoms with van der Waals surface area (Å²) < 4.78 is 24.7. The summed E-state index contributed by atoms with van der Waals surface area (Å²) in [5.41, 5.74) is 9.62. The first-order valence-electron chi connectivity index (χ1n) is 15.7. The Bertz CT molecular complexity index is 2230. The van der Waals surface area contributed by atoms with Crippen LogP contribution < -0.4 is 4.74 Å². The molecule has 0 spiro atoms. The molecule has 0 N–H and O–H groups in total. The van der Waals surface area contributed by atoms with Crippen LogP contribution >= 0.6 is 0 Å². The van der Waals surface area contributed by atoms with Gasteiger partial charge in [-0.15, -0.1) is 35.7 Å². The molecule has 3 heterocycles. The van der Waals surface area contributed by atoms with Gasteiger partial charge < -0.3 is 9.30 Å². The van der Waals surface area contributed by atoms with Gasteiger partial charge in [0.25, 0.3) is 0 Å². The zero-order chi connectivity index (χ0) is 32.1. The van der Waals surface area contributed by atoms with Crippen molar-refractivity contribution in [1.82, 2.24) is 19.3 Å². The first-order valence-corrected chi connectivity index (χ1v) is 15.7. The maximum absolute atomic E-state index is 14.3. The van der Waals surface area contributed by atoms with E-state index >= 15 is 0 Å². The summed E-state index contributed by atoms with van der Waals surface area (Å²) in [6.07, 6.45) is 1.48. The van der Waals surface area contributed by atoms with E-state index in [4.69, 9.17) is 9.84 Å². The zero-order valence-corrected chi connectivity index (χ0v) is 28.8. The Labute approximate surface area is 288 Å². The van der Waals surface area contributed by atoms with Crippen LogP contribution in [-0.2, 0) is 20.4 Å². The summed E-state index contributed by atoms with van der Waals surface area (Å²) in [7, 11) is 0. The average Bonchev–Trinajstić information content (AvgIpc) is 3.58. The van der Waals surface area contributed by atoms with Crippen molar-refractivity contribution in [3.05, 3.63) is 132 Å². The van der Waals surface area contributed by atoms with Crippen molar-refractivity contribution in [2.75, 3.05) is 0 Å². The van der Waals surface area contributed by atoms with Crippen LogP contribution in [0.25, 0.3) is 44.4 Å². The molecule has 238 valence electrons. The maximum atomic E-state index is 14.3. The Hall–Kier alpha value is -4.57. The quantitative estimate of drug-likeness (QED) is 0.122. The van der Waals surface area contributed by atoms with E-state index in [1.165, 1.54) is 40.6 Å².